The maximum absolute atomic E-state index is 12.8. The van der Waals surface area contributed by atoms with E-state index >= 15 is 0 Å². The Hall–Kier alpha value is -2.80. The fraction of sp³-hybridized carbons (Fsp3) is 0.478. The highest BCUT2D eigenvalue weighted by atomic mass is 16.5. The van der Waals surface area contributed by atoms with Crippen molar-refractivity contribution in [3.05, 3.63) is 48.2 Å². The van der Waals surface area contributed by atoms with Crippen LogP contribution in [0.4, 0.5) is 5.69 Å². The molecule has 30 heavy (non-hydrogen) atoms. The topological polar surface area (TPSA) is 64.1 Å². The van der Waals surface area contributed by atoms with Gasteiger partial charge in [0.1, 0.15) is 12.4 Å². The van der Waals surface area contributed by atoms with Crippen molar-refractivity contribution < 1.29 is 19.0 Å². The molecule has 7 nitrogen and oxygen atoms in total. The van der Waals surface area contributed by atoms with Gasteiger partial charge in [0.15, 0.2) is 0 Å². The lowest BCUT2D eigenvalue weighted by atomic mass is 10.2. The van der Waals surface area contributed by atoms with Crippen LogP contribution < -0.4 is 14.4 Å². The molecule has 0 aliphatic carbocycles. The smallest absolute Gasteiger partial charge is 0.255 e. The van der Waals surface area contributed by atoms with E-state index in [0.717, 1.165) is 24.5 Å². The molecule has 0 saturated carbocycles. The number of nitrogens with zero attached hydrogens (tertiary/aromatic N) is 3. The maximum atomic E-state index is 12.8. The first-order chi connectivity index (χ1) is 14.4. The third-order valence-electron chi connectivity index (χ3n) is 4.86. The van der Waals surface area contributed by atoms with Crippen LogP contribution in [0.5, 0.6) is 11.6 Å². The van der Waals surface area contributed by atoms with Gasteiger partial charge in [-0.3, -0.25) is 4.79 Å². The van der Waals surface area contributed by atoms with E-state index in [1.54, 1.807) is 25.4 Å². The fourth-order valence-corrected chi connectivity index (χ4v) is 3.23. The third-order valence-corrected chi connectivity index (χ3v) is 4.86. The van der Waals surface area contributed by atoms with Gasteiger partial charge in [-0.1, -0.05) is 0 Å². The van der Waals surface area contributed by atoms with Crippen molar-refractivity contribution in [1.82, 2.24) is 9.88 Å². The first-order valence-corrected chi connectivity index (χ1v) is 10.3. The minimum absolute atomic E-state index is 0.000466. The second-order valence-electron chi connectivity index (χ2n) is 8.17. The Morgan fingerprint density at radius 2 is 1.70 bits per heavy atom. The van der Waals surface area contributed by atoms with E-state index in [-0.39, 0.29) is 11.5 Å². The molecule has 2 heterocycles. The van der Waals surface area contributed by atoms with Crippen LogP contribution in [0.1, 0.15) is 31.1 Å². The van der Waals surface area contributed by atoms with Crippen molar-refractivity contribution in [3.63, 3.8) is 0 Å². The number of piperazine rings is 1. The molecule has 1 aliphatic rings. The summed E-state index contributed by atoms with van der Waals surface area (Å²) in [6.45, 7) is 9.85. The number of carbonyl (C=O) groups is 1. The molecular weight excluding hydrogens is 382 g/mol. The largest absolute Gasteiger partial charge is 0.497 e. The van der Waals surface area contributed by atoms with Gasteiger partial charge in [0.05, 0.1) is 24.9 Å². The monoisotopic (exact) mass is 413 g/mol. The Morgan fingerprint density at radius 1 is 1.00 bits per heavy atom. The minimum atomic E-state index is -0.190. The second kappa shape index (κ2) is 9.80. The van der Waals surface area contributed by atoms with Crippen LogP contribution in [0.15, 0.2) is 42.6 Å². The molecule has 162 valence electrons. The summed E-state index contributed by atoms with van der Waals surface area (Å²) in [4.78, 5) is 21.2. The quantitative estimate of drug-likeness (QED) is 0.650. The van der Waals surface area contributed by atoms with E-state index in [2.05, 4.69) is 9.88 Å². The number of amides is 1. The number of anilines is 1. The Labute approximate surface area is 178 Å². The molecule has 1 fully saturated rings. The van der Waals surface area contributed by atoms with Crippen molar-refractivity contribution in [1.29, 1.82) is 0 Å². The summed E-state index contributed by atoms with van der Waals surface area (Å²) >= 11 is 0. The van der Waals surface area contributed by atoms with Crippen LogP contribution in [0.25, 0.3) is 0 Å². The van der Waals surface area contributed by atoms with Gasteiger partial charge >= 0.3 is 0 Å². The van der Waals surface area contributed by atoms with Gasteiger partial charge in [0, 0.05) is 44.1 Å². The van der Waals surface area contributed by atoms with Crippen LogP contribution in [-0.2, 0) is 4.74 Å². The van der Waals surface area contributed by atoms with E-state index in [0.29, 0.717) is 37.7 Å². The van der Waals surface area contributed by atoms with Gasteiger partial charge in [-0.15, -0.1) is 0 Å². The van der Waals surface area contributed by atoms with Crippen molar-refractivity contribution in [2.24, 2.45) is 0 Å². The molecule has 0 N–H and O–H groups in total. The number of hydrogen-bond donors (Lipinski definition) is 0. The molecule has 1 aliphatic heterocycles. The predicted molar refractivity (Wildman–Crippen MR) is 117 cm³/mol. The zero-order valence-electron chi connectivity index (χ0n) is 18.3. The van der Waals surface area contributed by atoms with Crippen molar-refractivity contribution in [2.45, 2.75) is 26.4 Å². The van der Waals surface area contributed by atoms with Gasteiger partial charge in [-0.05, 0) is 51.1 Å². The molecule has 3 rings (SSSR count). The van der Waals surface area contributed by atoms with Crippen molar-refractivity contribution in [3.8, 4) is 11.6 Å². The number of hydrogen-bond acceptors (Lipinski definition) is 6. The predicted octanol–water partition coefficient (Wildman–Crippen LogP) is 3.25. The first-order valence-electron chi connectivity index (χ1n) is 10.3. The Balaban J connectivity index is 1.47. The summed E-state index contributed by atoms with van der Waals surface area (Å²) in [5, 5.41) is 0. The third kappa shape index (κ3) is 6.10. The number of methoxy groups -OCH3 is 1. The summed E-state index contributed by atoms with van der Waals surface area (Å²) in [5.74, 6) is 1.34. The van der Waals surface area contributed by atoms with Gasteiger partial charge < -0.3 is 24.0 Å². The highest BCUT2D eigenvalue weighted by molar-refractivity contribution is 5.94. The lowest BCUT2D eigenvalue weighted by molar-refractivity contribution is -0.0168. The molecular formula is C23H31N3O4. The van der Waals surface area contributed by atoms with E-state index in [9.17, 15) is 4.79 Å². The summed E-state index contributed by atoms with van der Waals surface area (Å²) in [6.07, 6.45) is 1.58. The van der Waals surface area contributed by atoms with Crippen LogP contribution >= 0.6 is 0 Å². The summed E-state index contributed by atoms with van der Waals surface area (Å²) in [7, 11) is 1.66. The first kappa shape index (κ1) is 21.9. The lowest BCUT2D eigenvalue weighted by Gasteiger charge is -2.36. The average molecular weight is 414 g/mol. The van der Waals surface area contributed by atoms with Gasteiger partial charge in [0.25, 0.3) is 5.91 Å². The SMILES string of the molecule is COc1ccc(N2CCN(C(=O)c3ccc(OCCOC(C)(C)C)nc3)CC2)cc1. The summed E-state index contributed by atoms with van der Waals surface area (Å²) in [6, 6.07) is 11.5. The molecule has 0 spiro atoms. The van der Waals surface area contributed by atoms with E-state index < -0.39 is 0 Å². The number of benzene rings is 1. The van der Waals surface area contributed by atoms with Crippen molar-refractivity contribution in [2.75, 3.05) is 51.4 Å². The number of aromatic nitrogens is 1. The molecule has 1 aromatic heterocycles. The second-order valence-corrected chi connectivity index (χ2v) is 8.17. The lowest BCUT2D eigenvalue weighted by Crippen LogP contribution is -2.48. The van der Waals surface area contributed by atoms with Gasteiger partial charge in [-0.2, -0.15) is 0 Å². The summed E-state index contributed by atoms with van der Waals surface area (Å²) in [5.41, 5.74) is 1.53. The van der Waals surface area contributed by atoms with E-state index in [4.69, 9.17) is 14.2 Å². The highest BCUT2D eigenvalue weighted by Gasteiger charge is 2.22. The zero-order valence-corrected chi connectivity index (χ0v) is 18.3. The normalized spacial score (nSPS) is 14.5. The fourth-order valence-electron chi connectivity index (χ4n) is 3.23. The number of rotatable bonds is 7. The Kier molecular flexibility index (Phi) is 7.15. The average Bonchev–Trinajstić information content (AvgIpc) is 2.76. The van der Waals surface area contributed by atoms with Crippen LogP contribution in [-0.4, -0.2) is 67.9 Å². The molecule has 7 heteroatoms. The van der Waals surface area contributed by atoms with Gasteiger partial charge in [-0.25, -0.2) is 4.98 Å². The molecule has 2 aromatic rings. The van der Waals surface area contributed by atoms with Crippen LogP contribution in [0.2, 0.25) is 0 Å². The number of carbonyl (C=O) groups excluding carboxylic acids is 1. The van der Waals surface area contributed by atoms with Crippen LogP contribution in [0.3, 0.4) is 0 Å². The Bertz CT molecular complexity index is 808. The number of ether oxygens (including phenoxy) is 3. The van der Waals surface area contributed by atoms with Crippen molar-refractivity contribution >= 4 is 11.6 Å². The minimum Gasteiger partial charge on any atom is -0.497 e. The number of pyridine rings is 1. The van der Waals surface area contributed by atoms with Crippen LogP contribution in [0, 0.1) is 0 Å². The van der Waals surface area contributed by atoms with E-state index in [1.807, 2.05) is 49.9 Å². The molecule has 0 bridgehead atoms. The van der Waals surface area contributed by atoms with E-state index in [1.165, 1.54) is 0 Å². The highest BCUT2D eigenvalue weighted by Crippen LogP contribution is 2.21. The molecule has 1 aromatic carbocycles. The zero-order chi connectivity index (χ0) is 21.6. The maximum Gasteiger partial charge on any atom is 0.255 e. The molecule has 0 unspecified atom stereocenters. The summed E-state index contributed by atoms with van der Waals surface area (Å²) < 4.78 is 16.4. The standard InChI is InChI=1S/C23H31N3O4/c1-23(2,3)30-16-15-29-21-10-5-18(17-24-21)22(27)26-13-11-25(12-14-26)19-6-8-20(28-4)9-7-19/h5-10,17H,11-16H2,1-4H3. The molecule has 0 radical (unpaired) electrons. The van der Waals surface area contributed by atoms with Gasteiger partial charge in [0.2, 0.25) is 5.88 Å². The molecule has 0 atom stereocenters. The molecule has 1 saturated heterocycles. The Morgan fingerprint density at radius 3 is 2.27 bits per heavy atom. The molecule has 1 amide bonds.